The van der Waals surface area contributed by atoms with Crippen LogP contribution in [0.4, 0.5) is 0 Å². The Kier molecular flexibility index (Phi) is 8.77. The molecule has 0 aliphatic carbocycles. The van der Waals surface area contributed by atoms with Gasteiger partial charge < -0.3 is 16.4 Å². The third-order valence-corrected chi connectivity index (χ3v) is 3.32. The summed E-state index contributed by atoms with van der Waals surface area (Å²) >= 11 is 0. The lowest BCUT2D eigenvalue weighted by atomic mass is 10.1. The van der Waals surface area contributed by atoms with Crippen LogP contribution in [0.2, 0.25) is 0 Å². The Morgan fingerprint density at radius 1 is 1.17 bits per heavy atom. The van der Waals surface area contributed by atoms with Crippen molar-refractivity contribution in [3.63, 3.8) is 0 Å². The summed E-state index contributed by atoms with van der Waals surface area (Å²) in [6.07, 6.45) is 2.62. The lowest BCUT2D eigenvalue weighted by Crippen LogP contribution is -2.37. The lowest BCUT2D eigenvalue weighted by molar-refractivity contribution is 0.100. The highest BCUT2D eigenvalue weighted by Gasteiger charge is 2.01. The molecule has 0 saturated carbocycles. The summed E-state index contributed by atoms with van der Waals surface area (Å²) < 4.78 is 0. The minimum Gasteiger partial charge on any atom is -0.366 e. The smallest absolute Gasteiger partial charge is 0.248 e. The molecule has 0 spiro atoms. The third-order valence-electron chi connectivity index (χ3n) is 3.32. The van der Waals surface area contributed by atoms with Crippen LogP contribution >= 0.6 is 24.0 Å². The van der Waals surface area contributed by atoms with E-state index in [2.05, 4.69) is 20.6 Å². The number of benzene rings is 1. The number of guanidine groups is 1. The Labute approximate surface area is 159 Å². The molecular formula is C17H22IN5O. The number of halogens is 1. The molecule has 7 heteroatoms. The third kappa shape index (κ3) is 6.53. The molecule has 128 valence electrons. The standard InChI is InChI=1S/C17H21N5O.HI/c1-19-17(21-11-9-15-4-2-3-10-20-15)22-12-13-5-7-14(8-6-13)16(18)23;/h2-8,10H,9,11-12H2,1H3,(H2,18,23)(H2,19,21,22);1H. The van der Waals surface area contributed by atoms with Gasteiger partial charge in [0, 0.05) is 44.0 Å². The van der Waals surface area contributed by atoms with Crippen molar-refractivity contribution >= 4 is 35.8 Å². The maximum atomic E-state index is 11.0. The van der Waals surface area contributed by atoms with E-state index in [4.69, 9.17) is 5.73 Å². The van der Waals surface area contributed by atoms with E-state index in [0.717, 1.165) is 30.2 Å². The Morgan fingerprint density at radius 3 is 2.50 bits per heavy atom. The molecule has 1 aromatic heterocycles. The van der Waals surface area contributed by atoms with E-state index in [1.807, 2.05) is 30.3 Å². The number of carbonyl (C=O) groups is 1. The van der Waals surface area contributed by atoms with Crippen LogP contribution in [-0.2, 0) is 13.0 Å². The molecule has 0 bridgehead atoms. The largest absolute Gasteiger partial charge is 0.366 e. The fourth-order valence-electron chi connectivity index (χ4n) is 2.05. The van der Waals surface area contributed by atoms with Crippen molar-refractivity contribution in [1.29, 1.82) is 0 Å². The highest BCUT2D eigenvalue weighted by molar-refractivity contribution is 14.0. The van der Waals surface area contributed by atoms with Crippen LogP contribution in [0.25, 0.3) is 0 Å². The van der Waals surface area contributed by atoms with Gasteiger partial charge in [-0.15, -0.1) is 24.0 Å². The topological polar surface area (TPSA) is 92.4 Å². The van der Waals surface area contributed by atoms with Gasteiger partial charge in [0.2, 0.25) is 5.91 Å². The molecule has 2 aromatic rings. The zero-order chi connectivity index (χ0) is 16.5. The second-order valence-electron chi connectivity index (χ2n) is 4.98. The van der Waals surface area contributed by atoms with Crippen molar-refractivity contribution in [2.24, 2.45) is 10.7 Å². The Hall–Kier alpha value is -2.16. The van der Waals surface area contributed by atoms with Crippen molar-refractivity contribution in [2.75, 3.05) is 13.6 Å². The van der Waals surface area contributed by atoms with Gasteiger partial charge in [-0.1, -0.05) is 18.2 Å². The van der Waals surface area contributed by atoms with Gasteiger partial charge >= 0.3 is 0 Å². The average molecular weight is 439 g/mol. The summed E-state index contributed by atoms with van der Waals surface area (Å²) in [7, 11) is 1.73. The van der Waals surface area contributed by atoms with E-state index in [0.29, 0.717) is 12.1 Å². The van der Waals surface area contributed by atoms with Gasteiger partial charge in [-0.25, -0.2) is 0 Å². The van der Waals surface area contributed by atoms with Crippen LogP contribution in [0.1, 0.15) is 21.6 Å². The molecule has 0 unspecified atom stereocenters. The molecule has 6 nitrogen and oxygen atoms in total. The number of hydrogen-bond acceptors (Lipinski definition) is 3. The molecule has 1 amide bonds. The second-order valence-corrected chi connectivity index (χ2v) is 4.98. The van der Waals surface area contributed by atoms with Crippen molar-refractivity contribution in [1.82, 2.24) is 15.6 Å². The number of nitrogens with one attached hydrogen (secondary N) is 2. The van der Waals surface area contributed by atoms with Crippen molar-refractivity contribution in [3.05, 3.63) is 65.5 Å². The second kappa shape index (κ2) is 10.6. The van der Waals surface area contributed by atoms with E-state index in [-0.39, 0.29) is 24.0 Å². The number of rotatable bonds is 6. The van der Waals surface area contributed by atoms with Crippen molar-refractivity contribution in [3.8, 4) is 0 Å². The minimum absolute atomic E-state index is 0. The number of primary amides is 1. The Bertz CT molecular complexity index is 658. The van der Waals surface area contributed by atoms with Crippen LogP contribution in [0.3, 0.4) is 0 Å². The SMILES string of the molecule is CN=C(NCCc1ccccn1)NCc1ccc(C(N)=O)cc1.I. The van der Waals surface area contributed by atoms with Crippen LogP contribution in [0.5, 0.6) is 0 Å². The number of nitrogens with zero attached hydrogens (tertiary/aromatic N) is 2. The highest BCUT2D eigenvalue weighted by atomic mass is 127. The zero-order valence-electron chi connectivity index (χ0n) is 13.5. The Morgan fingerprint density at radius 2 is 1.92 bits per heavy atom. The van der Waals surface area contributed by atoms with E-state index in [9.17, 15) is 4.79 Å². The number of amides is 1. The molecule has 0 saturated heterocycles. The molecule has 1 aromatic carbocycles. The van der Waals surface area contributed by atoms with Gasteiger partial charge in [0.1, 0.15) is 0 Å². The van der Waals surface area contributed by atoms with Gasteiger partial charge in [-0.05, 0) is 29.8 Å². The molecular weight excluding hydrogens is 417 g/mol. The maximum Gasteiger partial charge on any atom is 0.248 e. The summed E-state index contributed by atoms with van der Waals surface area (Å²) in [5, 5.41) is 6.47. The van der Waals surface area contributed by atoms with Crippen LogP contribution < -0.4 is 16.4 Å². The van der Waals surface area contributed by atoms with E-state index < -0.39 is 5.91 Å². The van der Waals surface area contributed by atoms with Crippen LogP contribution in [0.15, 0.2) is 53.7 Å². The highest BCUT2D eigenvalue weighted by Crippen LogP contribution is 2.03. The van der Waals surface area contributed by atoms with Crippen molar-refractivity contribution < 1.29 is 4.79 Å². The van der Waals surface area contributed by atoms with Gasteiger partial charge in [-0.3, -0.25) is 14.8 Å². The first-order chi connectivity index (χ1) is 11.2. The van der Waals surface area contributed by atoms with E-state index in [1.165, 1.54) is 0 Å². The molecule has 0 fully saturated rings. The fraction of sp³-hybridized carbons (Fsp3) is 0.235. The monoisotopic (exact) mass is 439 g/mol. The molecule has 2 rings (SSSR count). The van der Waals surface area contributed by atoms with Crippen LogP contribution in [0, 0.1) is 0 Å². The first-order valence-electron chi connectivity index (χ1n) is 7.42. The Balaban J connectivity index is 0.00000288. The predicted molar refractivity (Wildman–Crippen MR) is 107 cm³/mol. The summed E-state index contributed by atoms with van der Waals surface area (Å²) in [5.41, 5.74) is 7.81. The molecule has 1 heterocycles. The summed E-state index contributed by atoms with van der Waals surface area (Å²) in [6, 6.07) is 13.1. The number of hydrogen-bond donors (Lipinski definition) is 3. The number of nitrogens with two attached hydrogens (primary N) is 1. The summed E-state index contributed by atoms with van der Waals surface area (Å²) in [4.78, 5) is 19.5. The molecule has 24 heavy (non-hydrogen) atoms. The minimum atomic E-state index is -0.420. The number of pyridine rings is 1. The first-order valence-corrected chi connectivity index (χ1v) is 7.42. The molecule has 0 radical (unpaired) electrons. The first kappa shape index (κ1) is 19.9. The molecule has 0 aliphatic heterocycles. The van der Waals surface area contributed by atoms with Crippen LogP contribution in [-0.4, -0.2) is 30.4 Å². The number of aromatic nitrogens is 1. The van der Waals surface area contributed by atoms with Gasteiger partial charge in [-0.2, -0.15) is 0 Å². The summed E-state index contributed by atoms with van der Waals surface area (Å²) in [5.74, 6) is 0.302. The fourth-order valence-corrected chi connectivity index (χ4v) is 2.05. The van der Waals surface area contributed by atoms with E-state index >= 15 is 0 Å². The average Bonchev–Trinajstić information content (AvgIpc) is 2.59. The van der Waals surface area contributed by atoms with Gasteiger partial charge in [0.25, 0.3) is 0 Å². The maximum absolute atomic E-state index is 11.0. The quantitative estimate of drug-likeness (QED) is 0.363. The summed E-state index contributed by atoms with van der Waals surface area (Å²) in [6.45, 7) is 1.36. The molecule has 0 atom stereocenters. The normalized spacial score (nSPS) is 10.6. The van der Waals surface area contributed by atoms with Crippen molar-refractivity contribution in [2.45, 2.75) is 13.0 Å². The molecule has 4 N–H and O–H groups in total. The van der Waals surface area contributed by atoms with Gasteiger partial charge in [0.05, 0.1) is 0 Å². The van der Waals surface area contributed by atoms with Gasteiger partial charge in [0.15, 0.2) is 5.96 Å². The molecule has 0 aliphatic rings. The predicted octanol–water partition coefficient (Wildman–Crippen LogP) is 1.71. The number of carbonyl (C=O) groups excluding carboxylic acids is 1. The van der Waals surface area contributed by atoms with E-state index in [1.54, 1.807) is 25.4 Å². The lowest BCUT2D eigenvalue weighted by Gasteiger charge is -2.12. The number of aliphatic imine (C=N–C) groups is 1. The zero-order valence-corrected chi connectivity index (χ0v) is 15.9.